The molecule has 3 aromatic rings. The van der Waals surface area contributed by atoms with Crippen LogP contribution in [-0.4, -0.2) is 53.8 Å². The molecule has 2 heterocycles. The Hall–Kier alpha value is -3.08. The summed E-state index contributed by atoms with van der Waals surface area (Å²) in [4.78, 5) is 21.9. The zero-order valence-electron chi connectivity index (χ0n) is 20.4. The molecule has 1 saturated heterocycles. The summed E-state index contributed by atoms with van der Waals surface area (Å²) < 4.78 is 28.0. The van der Waals surface area contributed by atoms with E-state index < -0.39 is 20.6 Å². The van der Waals surface area contributed by atoms with Crippen LogP contribution in [0.1, 0.15) is 34.6 Å². The maximum atomic E-state index is 13.3. The van der Waals surface area contributed by atoms with Gasteiger partial charge in [0.05, 0.1) is 9.82 Å². The number of aromatic nitrogens is 2. The molecule has 190 valence electrons. The topological polar surface area (TPSA) is 110 Å². The second-order valence-corrected chi connectivity index (χ2v) is 11.3. The van der Waals surface area contributed by atoms with E-state index in [0.717, 1.165) is 28.7 Å². The molecule has 11 heteroatoms. The number of halogens is 1. The summed E-state index contributed by atoms with van der Waals surface area (Å²) in [5.41, 5.74) is 3.84. The molecule has 1 aliphatic rings. The molecule has 0 spiro atoms. The van der Waals surface area contributed by atoms with Crippen molar-refractivity contribution < 1.29 is 13.3 Å². The number of sulfonamides is 1. The summed E-state index contributed by atoms with van der Waals surface area (Å²) in [5.74, 6) is 1.49. The highest BCUT2D eigenvalue weighted by atomic mass is 35.5. The molecule has 0 bridgehead atoms. The van der Waals surface area contributed by atoms with Crippen LogP contribution in [0.5, 0.6) is 0 Å². The van der Waals surface area contributed by atoms with Crippen molar-refractivity contribution in [2.45, 2.75) is 38.5 Å². The van der Waals surface area contributed by atoms with Crippen molar-refractivity contribution >= 4 is 33.1 Å². The lowest BCUT2D eigenvalue weighted by Crippen LogP contribution is -2.35. The van der Waals surface area contributed by atoms with Crippen molar-refractivity contribution in [3.05, 3.63) is 85.8 Å². The molecule has 2 aromatic carbocycles. The van der Waals surface area contributed by atoms with Crippen LogP contribution in [0.4, 0.5) is 11.5 Å². The third-order valence-electron chi connectivity index (χ3n) is 6.31. The van der Waals surface area contributed by atoms with E-state index in [0.29, 0.717) is 38.3 Å². The zero-order chi connectivity index (χ0) is 26.0. The van der Waals surface area contributed by atoms with Gasteiger partial charge >= 0.3 is 0 Å². The Kier molecular flexibility index (Phi) is 7.58. The van der Waals surface area contributed by atoms with Crippen LogP contribution >= 0.6 is 11.6 Å². The number of nitrogens with zero attached hydrogens (tertiary/aromatic N) is 5. The fourth-order valence-electron chi connectivity index (χ4n) is 4.38. The third-order valence-corrected chi connectivity index (χ3v) is 8.53. The SMILES string of the molecule is Cc1ccc(Cc2c(C)nc(C)nc2N2CCCN(S(=O)(=O)c3ccc(Cl)c([N+](=O)[O-])c3)CC2)cc1. The van der Waals surface area contributed by atoms with Crippen molar-refractivity contribution in [1.82, 2.24) is 14.3 Å². The maximum absolute atomic E-state index is 13.3. The van der Waals surface area contributed by atoms with Gasteiger partial charge in [0.1, 0.15) is 16.7 Å². The molecule has 0 amide bonds. The van der Waals surface area contributed by atoms with Gasteiger partial charge in [0.25, 0.3) is 5.69 Å². The van der Waals surface area contributed by atoms with Crippen LogP contribution in [0, 0.1) is 30.9 Å². The Morgan fingerprint density at radius 3 is 2.42 bits per heavy atom. The van der Waals surface area contributed by atoms with Crippen LogP contribution in [0.2, 0.25) is 5.02 Å². The fourth-order valence-corrected chi connectivity index (χ4v) is 6.06. The normalized spacial score (nSPS) is 15.1. The maximum Gasteiger partial charge on any atom is 0.289 e. The molecule has 0 N–H and O–H groups in total. The zero-order valence-corrected chi connectivity index (χ0v) is 22.0. The fraction of sp³-hybridized carbons (Fsp3) is 0.360. The molecular formula is C25H28ClN5O4S. The number of nitro groups is 1. The first-order valence-electron chi connectivity index (χ1n) is 11.6. The molecule has 1 aromatic heterocycles. The van der Waals surface area contributed by atoms with Crippen molar-refractivity contribution in [1.29, 1.82) is 0 Å². The van der Waals surface area contributed by atoms with Gasteiger partial charge in [0.2, 0.25) is 10.0 Å². The van der Waals surface area contributed by atoms with Gasteiger partial charge in [-0.3, -0.25) is 10.1 Å². The molecule has 9 nitrogen and oxygen atoms in total. The number of anilines is 1. The summed E-state index contributed by atoms with van der Waals surface area (Å²) in [7, 11) is -3.93. The van der Waals surface area contributed by atoms with Gasteiger partial charge in [-0.15, -0.1) is 0 Å². The first-order chi connectivity index (χ1) is 17.1. The minimum Gasteiger partial charge on any atom is -0.355 e. The van der Waals surface area contributed by atoms with E-state index in [2.05, 4.69) is 41.1 Å². The van der Waals surface area contributed by atoms with Crippen LogP contribution in [0.15, 0.2) is 47.4 Å². The van der Waals surface area contributed by atoms with Gasteiger partial charge in [-0.05, 0) is 44.9 Å². The minimum atomic E-state index is -3.93. The van der Waals surface area contributed by atoms with Crippen molar-refractivity contribution in [3.63, 3.8) is 0 Å². The first kappa shape index (κ1) is 26.0. The smallest absolute Gasteiger partial charge is 0.289 e. The summed E-state index contributed by atoms with van der Waals surface area (Å²) in [6.07, 6.45) is 1.26. The Bertz CT molecular complexity index is 1400. The van der Waals surface area contributed by atoms with Crippen LogP contribution in [0.3, 0.4) is 0 Å². The number of aryl methyl sites for hydroxylation is 3. The van der Waals surface area contributed by atoms with Crippen molar-refractivity contribution in [2.75, 3.05) is 31.1 Å². The Balaban J connectivity index is 1.60. The lowest BCUT2D eigenvalue weighted by molar-refractivity contribution is -0.384. The molecule has 0 atom stereocenters. The number of rotatable bonds is 6. The lowest BCUT2D eigenvalue weighted by atomic mass is 10.0. The highest BCUT2D eigenvalue weighted by molar-refractivity contribution is 7.89. The highest BCUT2D eigenvalue weighted by Crippen LogP contribution is 2.30. The van der Waals surface area contributed by atoms with Gasteiger partial charge in [-0.1, -0.05) is 41.4 Å². The second-order valence-electron chi connectivity index (χ2n) is 8.94. The summed E-state index contributed by atoms with van der Waals surface area (Å²) in [6.45, 7) is 7.47. The van der Waals surface area contributed by atoms with E-state index in [9.17, 15) is 18.5 Å². The van der Waals surface area contributed by atoms with E-state index in [1.54, 1.807) is 0 Å². The number of hydrogen-bond donors (Lipinski definition) is 0. The molecule has 1 aliphatic heterocycles. The monoisotopic (exact) mass is 529 g/mol. The molecule has 0 unspecified atom stereocenters. The van der Waals surface area contributed by atoms with Gasteiger partial charge in [0.15, 0.2) is 0 Å². The van der Waals surface area contributed by atoms with Crippen molar-refractivity contribution in [3.8, 4) is 0 Å². The predicted molar refractivity (Wildman–Crippen MR) is 139 cm³/mol. The Morgan fingerprint density at radius 2 is 1.72 bits per heavy atom. The van der Waals surface area contributed by atoms with E-state index in [4.69, 9.17) is 16.6 Å². The standard InChI is InChI=1S/C25H28ClN5O4S/c1-17-5-7-20(8-6-17)15-22-18(2)27-19(3)28-25(22)29-11-4-12-30(14-13-29)36(34,35)21-9-10-23(26)24(16-21)31(32)33/h5-10,16H,4,11-15H2,1-3H3. The third kappa shape index (κ3) is 5.50. The molecule has 4 rings (SSSR count). The van der Waals surface area contributed by atoms with E-state index >= 15 is 0 Å². The summed E-state index contributed by atoms with van der Waals surface area (Å²) in [5, 5.41) is 11.2. The summed E-state index contributed by atoms with van der Waals surface area (Å²) >= 11 is 5.88. The van der Waals surface area contributed by atoms with Gasteiger partial charge in [-0.2, -0.15) is 4.31 Å². The average Bonchev–Trinajstić information content (AvgIpc) is 3.09. The second kappa shape index (κ2) is 10.5. The number of nitro benzene ring substituents is 1. The van der Waals surface area contributed by atoms with Gasteiger partial charge < -0.3 is 4.90 Å². The average molecular weight is 530 g/mol. The number of hydrogen-bond acceptors (Lipinski definition) is 7. The van der Waals surface area contributed by atoms with E-state index in [-0.39, 0.29) is 16.5 Å². The molecule has 0 aliphatic carbocycles. The van der Waals surface area contributed by atoms with Gasteiger partial charge in [0, 0.05) is 49.9 Å². The highest BCUT2D eigenvalue weighted by Gasteiger charge is 2.30. The van der Waals surface area contributed by atoms with Crippen LogP contribution in [-0.2, 0) is 16.4 Å². The van der Waals surface area contributed by atoms with E-state index in [1.807, 2.05) is 13.8 Å². The van der Waals surface area contributed by atoms with Crippen molar-refractivity contribution in [2.24, 2.45) is 0 Å². The lowest BCUT2D eigenvalue weighted by Gasteiger charge is -2.26. The first-order valence-corrected chi connectivity index (χ1v) is 13.5. The van der Waals surface area contributed by atoms with E-state index in [1.165, 1.54) is 22.0 Å². The molecule has 0 saturated carbocycles. The van der Waals surface area contributed by atoms with Crippen LogP contribution < -0.4 is 4.90 Å². The molecule has 1 fully saturated rings. The van der Waals surface area contributed by atoms with Crippen LogP contribution in [0.25, 0.3) is 0 Å². The summed E-state index contributed by atoms with van der Waals surface area (Å²) in [6, 6.07) is 11.9. The predicted octanol–water partition coefficient (Wildman–Crippen LogP) is 4.46. The molecule has 36 heavy (non-hydrogen) atoms. The largest absolute Gasteiger partial charge is 0.355 e. The molecular weight excluding hydrogens is 502 g/mol. The Labute approximate surface area is 216 Å². The Morgan fingerprint density at radius 1 is 1.00 bits per heavy atom. The number of benzene rings is 2. The minimum absolute atomic E-state index is 0.100. The quantitative estimate of drug-likeness (QED) is 0.342. The van der Waals surface area contributed by atoms with Gasteiger partial charge in [-0.25, -0.2) is 18.4 Å². The molecule has 0 radical (unpaired) electrons.